The highest BCUT2D eigenvalue weighted by atomic mass is 35.5. The zero-order chi connectivity index (χ0) is 55.2. The zero-order valence-electron chi connectivity index (χ0n) is 43.2. The molecule has 0 bridgehead atoms. The molecule has 4 aliphatic rings. The second-order valence-electron chi connectivity index (χ2n) is 19.9. The number of sulfonamides is 2. The predicted octanol–water partition coefficient (Wildman–Crippen LogP) is 9.40. The molecule has 0 saturated carbocycles. The predicted molar refractivity (Wildman–Crippen MR) is 304 cm³/mol. The molecule has 2 amide bonds. The van der Waals surface area contributed by atoms with Crippen LogP contribution in [0.25, 0.3) is 11.3 Å². The van der Waals surface area contributed by atoms with Gasteiger partial charge in [-0.3, -0.25) is 19.0 Å². The van der Waals surface area contributed by atoms with Crippen molar-refractivity contribution in [3.63, 3.8) is 0 Å². The molecular weight excluding hydrogens is 1100 g/mol. The molecule has 416 valence electrons. The minimum Gasteiger partial charge on any atom is -0.356 e. The second kappa shape index (κ2) is 25.7. The lowest BCUT2D eigenvalue weighted by Gasteiger charge is -2.35. The zero-order valence-corrected chi connectivity index (χ0v) is 47.1. The number of benzene rings is 2. The van der Waals surface area contributed by atoms with Crippen molar-refractivity contribution in [1.29, 1.82) is 10.5 Å². The Bertz CT molecular complexity index is 3440. The lowest BCUT2D eigenvalue weighted by Crippen LogP contribution is -2.39. The molecule has 4 aromatic heterocycles. The van der Waals surface area contributed by atoms with Crippen LogP contribution in [0, 0.1) is 48.3 Å². The number of hydrogen-bond acceptors (Lipinski definition) is 14. The van der Waals surface area contributed by atoms with Crippen molar-refractivity contribution in [2.75, 3.05) is 66.1 Å². The third-order valence-electron chi connectivity index (χ3n) is 13.9. The van der Waals surface area contributed by atoms with Gasteiger partial charge in [-0.05, 0) is 128 Å². The van der Waals surface area contributed by atoms with Gasteiger partial charge in [0.25, 0.3) is 11.8 Å². The monoisotopic (exact) mass is 1160 g/mol. The van der Waals surface area contributed by atoms with Crippen LogP contribution in [0.1, 0.15) is 127 Å². The van der Waals surface area contributed by atoms with Crippen LogP contribution in [0.15, 0.2) is 60.9 Å². The van der Waals surface area contributed by atoms with Crippen LogP contribution < -0.4 is 19.7 Å². The first-order chi connectivity index (χ1) is 36.7. The number of nitriles is 2. The number of likely N-dealkylation sites (tertiary alicyclic amines) is 2. The molecule has 10 rings (SSSR count). The first kappa shape index (κ1) is 59.4. The minimum absolute atomic E-state index is 0. The van der Waals surface area contributed by atoms with Gasteiger partial charge in [-0.15, -0.1) is 0 Å². The Labute approximate surface area is 471 Å². The van der Waals surface area contributed by atoms with Gasteiger partial charge in [-0.2, -0.15) is 20.7 Å². The molecule has 3 N–H and O–H groups in total. The average Bonchev–Trinajstić information content (AvgIpc) is 4.06. The topological polar surface area (TPSA) is 256 Å². The lowest BCUT2D eigenvalue weighted by molar-refractivity contribution is 0.0600. The Hall–Kier alpha value is -6.27. The van der Waals surface area contributed by atoms with Crippen LogP contribution in [0.3, 0.4) is 0 Å². The Kier molecular flexibility index (Phi) is 19.6. The summed E-state index contributed by atoms with van der Waals surface area (Å²) in [6.07, 6.45) is 14.6. The fourth-order valence-corrected chi connectivity index (χ4v) is 11.7. The summed E-state index contributed by atoms with van der Waals surface area (Å²) in [5.74, 6) is 0.714. The smallest absolute Gasteiger partial charge is 0.256 e. The summed E-state index contributed by atoms with van der Waals surface area (Å²) in [6.45, 7) is 8.53. The number of nitrogens with one attached hydrogen (secondary N) is 3. The van der Waals surface area contributed by atoms with Crippen LogP contribution >= 0.6 is 34.8 Å². The number of aryl methyl sites for hydroxylation is 2. The standard InChI is InChI=1S/C26H30ClN7O3S.C20H21Cl2N5O3S.C6H10N2.CH4/c1-17-16-34-24(29-25(17)32-11-8-18(15-28)9-12-32)14-22(30-34)23-5-3-4-10-33(23)26(35)20-13-19(27)6-7-21(20)31-38(2,36)37;1-12-11-27-18(23-19(12)22)10-16(24-27)17-5-3-4-8-26(17)20(28)14-9-13(21)6-7-15(14)25-31(2,29)30;7-5-6-1-3-8-4-2-6;/h6-7,13-14,16,18,23,31H,3-5,8-12H2,1-2H3;6-7,9-11,17,25H,3-5,8H2,1-2H3;6,8H,1-4H2;1H4/t23-;17-;;/m00../s1. The third kappa shape index (κ3) is 14.7. The quantitative estimate of drug-likeness (QED) is 0.114. The number of rotatable bonds is 9. The van der Waals surface area contributed by atoms with E-state index in [1.54, 1.807) is 37.2 Å². The summed E-state index contributed by atoms with van der Waals surface area (Å²) in [5, 5.41) is 31.4. The Balaban J connectivity index is 0.000000198. The molecule has 4 saturated heterocycles. The fourth-order valence-electron chi connectivity index (χ4n) is 10.1. The van der Waals surface area contributed by atoms with Crippen LogP contribution in [-0.2, 0) is 20.0 Å². The number of amides is 2. The van der Waals surface area contributed by atoms with E-state index in [9.17, 15) is 31.7 Å². The summed E-state index contributed by atoms with van der Waals surface area (Å²) in [5.41, 5.74) is 5.34. The van der Waals surface area contributed by atoms with Crippen molar-refractivity contribution < 1.29 is 26.4 Å². The Morgan fingerprint density at radius 2 is 1.08 bits per heavy atom. The number of halogens is 3. The molecule has 4 aliphatic heterocycles. The molecule has 6 aromatic rings. The first-order valence-electron chi connectivity index (χ1n) is 25.5. The third-order valence-corrected chi connectivity index (χ3v) is 16.0. The van der Waals surface area contributed by atoms with Crippen LogP contribution in [0.2, 0.25) is 15.2 Å². The number of piperidine rings is 4. The maximum atomic E-state index is 13.8. The molecule has 0 aliphatic carbocycles. The number of nitrogens with zero attached hydrogens (tertiary/aromatic N) is 11. The van der Waals surface area contributed by atoms with Crippen molar-refractivity contribution in [3.05, 3.63) is 110 Å². The molecule has 8 heterocycles. The number of hydrogen-bond donors (Lipinski definition) is 3. The van der Waals surface area contributed by atoms with Gasteiger partial charge >= 0.3 is 0 Å². The van der Waals surface area contributed by atoms with Crippen LogP contribution in [0.4, 0.5) is 17.2 Å². The minimum atomic E-state index is -3.59. The molecule has 78 heavy (non-hydrogen) atoms. The summed E-state index contributed by atoms with van der Waals surface area (Å²) in [7, 11) is -7.16. The van der Waals surface area contributed by atoms with Gasteiger partial charge in [-0.1, -0.05) is 42.2 Å². The van der Waals surface area contributed by atoms with Gasteiger partial charge in [0.15, 0.2) is 11.3 Å². The molecule has 20 nitrogen and oxygen atoms in total. The molecule has 0 radical (unpaired) electrons. The molecule has 2 aromatic carbocycles. The summed E-state index contributed by atoms with van der Waals surface area (Å²) < 4.78 is 55.6. The highest BCUT2D eigenvalue weighted by Crippen LogP contribution is 2.37. The van der Waals surface area contributed by atoms with Crippen molar-refractivity contribution >= 4 is 95.2 Å². The number of aromatic nitrogens is 6. The van der Waals surface area contributed by atoms with E-state index in [2.05, 4.69) is 41.9 Å². The van der Waals surface area contributed by atoms with Gasteiger partial charge in [0.05, 0.1) is 70.6 Å². The van der Waals surface area contributed by atoms with Gasteiger partial charge in [0, 0.05) is 83.7 Å². The molecule has 25 heteroatoms. The molecule has 4 fully saturated rings. The van der Waals surface area contributed by atoms with Gasteiger partial charge in [0.1, 0.15) is 11.0 Å². The van der Waals surface area contributed by atoms with Gasteiger partial charge in [-0.25, -0.2) is 35.8 Å². The average molecular weight is 1160 g/mol. The van der Waals surface area contributed by atoms with E-state index in [1.807, 2.05) is 32.2 Å². The number of fused-ring (bicyclic) bond motifs is 2. The van der Waals surface area contributed by atoms with Crippen molar-refractivity contribution in [2.45, 2.75) is 97.6 Å². The van der Waals surface area contributed by atoms with E-state index in [-0.39, 0.29) is 59.7 Å². The van der Waals surface area contributed by atoms with Crippen LogP contribution in [-0.4, -0.2) is 119 Å². The first-order valence-corrected chi connectivity index (χ1v) is 30.4. The Morgan fingerprint density at radius 3 is 1.53 bits per heavy atom. The molecule has 0 unspecified atom stereocenters. The largest absolute Gasteiger partial charge is 0.356 e. The van der Waals surface area contributed by atoms with Gasteiger partial charge in [0.2, 0.25) is 20.0 Å². The normalized spacial score (nSPS) is 18.3. The number of anilines is 3. The summed E-state index contributed by atoms with van der Waals surface area (Å²) in [6, 6.07) is 16.9. The SMILES string of the molecule is C.Cc1cn2nc([C@@H]3CCCCN3C(=O)c3cc(Cl)ccc3NS(C)(=O)=O)cc2nc1Cl.Cc1cn2nc([C@@H]3CCCCN3C(=O)c3cc(Cl)ccc3NS(C)(=O)=O)cc2nc1N1CCC(C#N)CC1.N#CC1CCNCC1. The highest BCUT2D eigenvalue weighted by molar-refractivity contribution is 7.92. The summed E-state index contributed by atoms with van der Waals surface area (Å²) >= 11 is 18.5. The summed E-state index contributed by atoms with van der Waals surface area (Å²) in [4.78, 5) is 42.3. The van der Waals surface area contributed by atoms with Crippen molar-refractivity contribution in [3.8, 4) is 12.1 Å². The Morgan fingerprint density at radius 1 is 0.628 bits per heavy atom. The number of carbonyl (C=O) groups is 2. The lowest BCUT2D eigenvalue weighted by atomic mass is 9.98. The van der Waals surface area contributed by atoms with E-state index in [0.717, 1.165) is 126 Å². The van der Waals surface area contributed by atoms with E-state index in [1.165, 1.54) is 24.3 Å². The van der Waals surface area contributed by atoms with E-state index >= 15 is 0 Å². The van der Waals surface area contributed by atoms with Crippen molar-refractivity contribution in [2.24, 2.45) is 11.8 Å². The van der Waals surface area contributed by atoms with E-state index in [0.29, 0.717) is 51.2 Å². The highest BCUT2D eigenvalue weighted by Gasteiger charge is 2.34. The van der Waals surface area contributed by atoms with Crippen molar-refractivity contribution in [1.82, 2.24) is 44.3 Å². The second-order valence-corrected chi connectivity index (χ2v) is 24.6. The van der Waals surface area contributed by atoms with Gasteiger partial charge < -0.3 is 20.0 Å². The maximum absolute atomic E-state index is 13.8. The fraction of sp³-hybridized carbons (Fsp3) is 0.472. The molecule has 2 atom stereocenters. The molecule has 0 spiro atoms. The number of carbonyl (C=O) groups excluding carboxylic acids is 2. The van der Waals surface area contributed by atoms with E-state index < -0.39 is 20.0 Å². The van der Waals surface area contributed by atoms with E-state index in [4.69, 9.17) is 50.1 Å². The molecular formula is C53H65Cl3N14O6S2. The maximum Gasteiger partial charge on any atom is 0.256 e. The van der Waals surface area contributed by atoms with Crippen LogP contribution in [0.5, 0.6) is 0 Å².